The Morgan fingerprint density at radius 1 is 1.44 bits per heavy atom. The van der Waals surface area contributed by atoms with Gasteiger partial charge >= 0.3 is 0 Å². The fraction of sp³-hybridized carbons (Fsp3) is 1.00. The monoisotopic (exact) mass is 135 g/mol. The number of rotatable bonds is 0. The zero-order valence-corrected chi connectivity index (χ0v) is 5.24. The first-order valence-corrected chi connectivity index (χ1v) is 3.23. The second-order valence-corrected chi connectivity index (χ2v) is 2.71. The van der Waals surface area contributed by atoms with Crippen molar-refractivity contribution in [2.24, 2.45) is 5.73 Å². The van der Waals surface area contributed by atoms with E-state index >= 15 is 0 Å². The van der Waals surface area contributed by atoms with Crippen molar-refractivity contribution >= 4 is 0 Å². The molecule has 0 aromatic heterocycles. The van der Waals surface area contributed by atoms with Crippen LogP contribution in [0.5, 0.6) is 0 Å². The van der Waals surface area contributed by atoms with Gasteiger partial charge in [0.05, 0.1) is 0 Å². The van der Waals surface area contributed by atoms with Crippen molar-refractivity contribution < 1.29 is 8.78 Å². The standard InChI is InChI=1S/C6H11F2N/c7-6(8)3-1-2-5(9)4-6/h5H,1-4,9H2/t5-/m1/s1. The molecule has 1 saturated carbocycles. The predicted octanol–water partition coefficient (Wildman–Crippen LogP) is 1.52. The van der Waals surface area contributed by atoms with E-state index < -0.39 is 5.92 Å². The summed E-state index contributed by atoms with van der Waals surface area (Å²) in [6.45, 7) is 0. The Morgan fingerprint density at radius 3 is 2.44 bits per heavy atom. The third-order valence-corrected chi connectivity index (χ3v) is 1.68. The molecule has 0 bridgehead atoms. The van der Waals surface area contributed by atoms with Crippen molar-refractivity contribution in [3.8, 4) is 0 Å². The van der Waals surface area contributed by atoms with Crippen molar-refractivity contribution in [2.45, 2.75) is 37.6 Å². The molecule has 1 aliphatic rings. The lowest BCUT2D eigenvalue weighted by Gasteiger charge is -2.25. The summed E-state index contributed by atoms with van der Waals surface area (Å²) in [4.78, 5) is 0. The first kappa shape index (κ1) is 6.93. The molecule has 0 aromatic rings. The Hall–Kier alpha value is -0.180. The van der Waals surface area contributed by atoms with Crippen molar-refractivity contribution in [3.63, 3.8) is 0 Å². The molecule has 0 saturated heterocycles. The highest BCUT2D eigenvalue weighted by molar-refractivity contribution is 4.79. The van der Waals surface area contributed by atoms with Gasteiger partial charge in [0.2, 0.25) is 5.92 Å². The van der Waals surface area contributed by atoms with Gasteiger partial charge < -0.3 is 5.73 Å². The third kappa shape index (κ3) is 1.90. The molecule has 9 heavy (non-hydrogen) atoms. The zero-order valence-electron chi connectivity index (χ0n) is 5.24. The van der Waals surface area contributed by atoms with Gasteiger partial charge in [-0.25, -0.2) is 8.78 Å². The van der Waals surface area contributed by atoms with E-state index in [2.05, 4.69) is 0 Å². The van der Waals surface area contributed by atoms with E-state index in [4.69, 9.17) is 5.73 Å². The van der Waals surface area contributed by atoms with Crippen LogP contribution in [0, 0.1) is 0 Å². The average molecular weight is 135 g/mol. The molecule has 1 nitrogen and oxygen atoms in total. The van der Waals surface area contributed by atoms with Gasteiger partial charge in [0.1, 0.15) is 0 Å². The zero-order chi connectivity index (χ0) is 6.91. The van der Waals surface area contributed by atoms with Gasteiger partial charge in [0, 0.05) is 18.9 Å². The maximum atomic E-state index is 12.4. The Balaban J connectivity index is 2.41. The van der Waals surface area contributed by atoms with Gasteiger partial charge in [-0.05, 0) is 12.8 Å². The Bertz CT molecular complexity index is 103. The summed E-state index contributed by atoms with van der Waals surface area (Å²) in [5.74, 6) is -2.47. The lowest BCUT2D eigenvalue weighted by molar-refractivity contribution is -0.0395. The summed E-state index contributed by atoms with van der Waals surface area (Å²) in [6, 6.07) is -0.270. The van der Waals surface area contributed by atoms with Crippen molar-refractivity contribution in [3.05, 3.63) is 0 Å². The number of halogens is 2. The average Bonchev–Trinajstić information content (AvgIpc) is 1.60. The molecule has 0 heterocycles. The summed E-state index contributed by atoms with van der Waals surface area (Å²) in [5, 5.41) is 0. The molecular formula is C6H11F2N. The fourth-order valence-corrected chi connectivity index (χ4v) is 1.21. The summed E-state index contributed by atoms with van der Waals surface area (Å²) in [6.07, 6.45) is 1.25. The van der Waals surface area contributed by atoms with Crippen LogP contribution < -0.4 is 5.73 Å². The molecule has 0 spiro atoms. The van der Waals surface area contributed by atoms with Gasteiger partial charge in [-0.2, -0.15) is 0 Å². The van der Waals surface area contributed by atoms with Crippen LogP contribution in [0.1, 0.15) is 25.7 Å². The molecule has 0 amide bonds. The number of alkyl halides is 2. The quantitative estimate of drug-likeness (QED) is 0.535. The Kier molecular flexibility index (Phi) is 1.70. The van der Waals surface area contributed by atoms with E-state index in [1.165, 1.54) is 0 Å². The molecule has 1 aliphatic carbocycles. The lowest BCUT2D eigenvalue weighted by atomic mass is 9.93. The maximum Gasteiger partial charge on any atom is 0.249 e. The number of hydrogen-bond acceptors (Lipinski definition) is 1. The minimum Gasteiger partial charge on any atom is -0.327 e. The molecule has 0 unspecified atom stereocenters. The minimum atomic E-state index is -2.47. The van der Waals surface area contributed by atoms with Gasteiger partial charge in [-0.1, -0.05) is 0 Å². The molecular weight excluding hydrogens is 124 g/mol. The summed E-state index contributed by atoms with van der Waals surface area (Å²) in [7, 11) is 0. The van der Waals surface area contributed by atoms with E-state index in [1.54, 1.807) is 0 Å². The predicted molar refractivity (Wildman–Crippen MR) is 31.4 cm³/mol. The minimum absolute atomic E-state index is 0.0285. The van der Waals surface area contributed by atoms with Gasteiger partial charge in [-0.3, -0.25) is 0 Å². The molecule has 1 fully saturated rings. The Morgan fingerprint density at radius 2 is 2.11 bits per heavy atom. The van der Waals surface area contributed by atoms with Gasteiger partial charge in [0.15, 0.2) is 0 Å². The van der Waals surface area contributed by atoms with Gasteiger partial charge in [0.25, 0.3) is 0 Å². The summed E-state index contributed by atoms with van der Waals surface area (Å²) >= 11 is 0. The topological polar surface area (TPSA) is 26.0 Å². The molecule has 3 heteroatoms. The number of hydrogen-bond donors (Lipinski definition) is 1. The molecule has 54 valence electrons. The molecule has 0 radical (unpaired) electrons. The molecule has 1 rings (SSSR count). The number of nitrogens with two attached hydrogens (primary N) is 1. The molecule has 1 atom stereocenters. The maximum absolute atomic E-state index is 12.4. The summed E-state index contributed by atoms with van der Waals surface area (Å²) < 4.78 is 24.7. The van der Waals surface area contributed by atoms with Crippen molar-refractivity contribution in [1.29, 1.82) is 0 Å². The highest BCUT2D eigenvalue weighted by Crippen LogP contribution is 2.31. The van der Waals surface area contributed by atoms with E-state index in [0.717, 1.165) is 6.42 Å². The first-order valence-electron chi connectivity index (χ1n) is 3.23. The van der Waals surface area contributed by atoms with E-state index in [1.807, 2.05) is 0 Å². The van der Waals surface area contributed by atoms with Crippen LogP contribution in [-0.2, 0) is 0 Å². The largest absolute Gasteiger partial charge is 0.327 e. The van der Waals surface area contributed by atoms with Crippen LogP contribution in [-0.4, -0.2) is 12.0 Å². The van der Waals surface area contributed by atoms with E-state index in [0.29, 0.717) is 6.42 Å². The highest BCUT2D eigenvalue weighted by atomic mass is 19.3. The molecule has 2 N–H and O–H groups in total. The fourth-order valence-electron chi connectivity index (χ4n) is 1.21. The SMILES string of the molecule is N[C@@H]1CCCC(F)(F)C1. The van der Waals surface area contributed by atoms with E-state index in [-0.39, 0.29) is 18.9 Å². The van der Waals surface area contributed by atoms with Crippen molar-refractivity contribution in [1.82, 2.24) is 0 Å². The van der Waals surface area contributed by atoms with Crippen LogP contribution in [0.2, 0.25) is 0 Å². The van der Waals surface area contributed by atoms with Crippen LogP contribution in [0.4, 0.5) is 8.78 Å². The second-order valence-electron chi connectivity index (χ2n) is 2.71. The molecule has 0 aromatic carbocycles. The van der Waals surface area contributed by atoms with Crippen molar-refractivity contribution in [2.75, 3.05) is 0 Å². The normalized spacial score (nSPS) is 34.3. The van der Waals surface area contributed by atoms with E-state index in [9.17, 15) is 8.78 Å². The molecule has 0 aliphatic heterocycles. The highest BCUT2D eigenvalue weighted by Gasteiger charge is 2.34. The van der Waals surface area contributed by atoms with Gasteiger partial charge in [-0.15, -0.1) is 0 Å². The van der Waals surface area contributed by atoms with Crippen LogP contribution in [0.3, 0.4) is 0 Å². The third-order valence-electron chi connectivity index (χ3n) is 1.68. The van der Waals surface area contributed by atoms with Crippen LogP contribution in [0.15, 0.2) is 0 Å². The summed E-state index contributed by atoms with van der Waals surface area (Å²) in [5.41, 5.74) is 5.33. The smallest absolute Gasteiger partial charge is 0.249 e. The van der Waals surface area contributed by atoms with Crippen LogP contribution in [0.25, 0.3) is 0 Å². The lowest BCUT2D eigenvalue weighted by Crippen LogP contribution is -2.34. The first-order chi connectivity index (χ1) is 4.10. The Labute approximate surface area is 53.2 Å². The van der Waals surface area contributed by atoms with Crippen LogP contribution >= 0.6 is 0 Å². The second kappa shape index (κ2) is 2.21.